The van der Waals surface area contributed by atoms with Gasteiger partial charge in [-0.25, -0.2) is 4.68 Å². The van der Waals surface area contributed by atoms with E-state index in [2.05, 4.69) is 34.3 Å². The van der Waals surface area contributed by atoms with Gasteiger partial charge in [0.1, 0.15) is 12.2 Å². The molecule has 3 aromatic heterocycles. The zero-order valence-electron chi connectivity index (χ0n) is 17.9. The monoisotopic (exact) mass is 429 g/mol. The largest absolute Gasteiger partial charge is 0.356 e. The van der Waals surface area contributed by atoms with Crippen molar-refractivity contribution in [3.05, 3.63) is 45.7 Å². The molecule has 9 heteroatoms. The Morgan fingerprint density at radius 3 is 2.70 bits per heavy atom. The van der Waals surface area contributed by atoms with Crippen molar-refractivity contribution in [2.45, 2.75) is 27.3 Å². The number of amides is 1. The van der Waals surface area contributed by atoms with Crippen molar-refractivity contribution in [3.63, 3.8) is 0 Å². The molecule has 0 aliphatic heterocycles. The smallest absolute Gasteiger partial charge is 0.268 e. The Bertz CT molecular complexity index is 1070. The van der Waals surface area contributed by atoms with Gasteiger partial charge in [-0.2, -0.15) is 5.10 Å². The zero-order chi connectivity index (χ0) is 21.9. The first-order chi connectivity index (χ1) is 14.1. The third-order valence-electron chi connectivity index (χ3n) is 4.45. The molecule has 3 heterocycles. The zero-order valence-corrected chi connectivity index (χ0v) is 18.7. The van der Waals surface area contributed by atoms with E-state index in [0.717, 1.165) is 11.4 Å². The quantitative estimate of drug-likeness (QED) is 0.592. The van der Waals surface area contributed by atoms with Gasteiger partial charge in [0.25, 0.3) is 5.56 Å². The van der Waals surface area contributed by atoms with E-state index in [4.69, 9.17) is 4.52 Å². The van der Waals surface area contributed by atoms with E-state index in [1.54, 1.807) is 6.07 Å². The van der Waals surface area contributed by atoms with Crippen LogP contribution in [0.15, 0.2) is 39.0 Å². The van der Waals surface area contributed by atoms with Gasteiger partial charge in [0.05, 0.1) is 16.1 Å². The van der Waals surface area contributed by atoms with Crippen LogP contribution in [-0.4, -0.2) is 52.9 Å². The van der Waals surface area contributed by atoms with Gasteiger partial charge in [-0.05, 0) is 37.9 Å². The van der Waals surface area contributed by atoms with Gasteiger partial charge in [-0.3, -0.25) is 9.59 Å². The van der Waals surface area contributed by atoms with Gasteiger partial charge >= 0.3 is 0 Å². The Kier molecular flexibility index (Phi) is 6.52. The highest BCUT2D eigenvalue weighted by Gasteiger charge is 2.21. The number of hydrogen-bond donors (Lipinski definition) is 1. The van der Waals surface area contributed by atoms with Crippen molar-refractivity contribution in [1.29, 1.82) is 0 Å². The maximum atomic E-state index is 12.7. The lowest BCUT2D eigenvalue weighted by Crippen LogP contribution is -2.42. The molecular formula is C21H27N5O3S. The van der Waals surface area contributed by atoms with Crippen molar-refractivity contribution >= 4 is 17.2 Å². The molecule has 160 valence electrons. The Balaban J connectivity index is 1.85. The SMILES string of the molecule is Cc1cc(-c2cc(=O)n(CC(=O)NCC(C)(C)CN(C)C)nc2-c2cccs2)on1. The average molecular weight is 430 g/mol. The molecule has 0 unspecified atom stereocenters. The molecule has 0 fully saturated rings. The fraction of sp³-hybridized carbons (Fsp3) is 0.429. The van der Waals surface area contributed by atoms with Crippen LogP contribution in [-0.2, 0) is 11.3 Å². The maximum absolute atomic E-state index is 12.7. The number of carbonyl (C=O) groups excluding carboxylic acids is 1. The minimum absolute atomic E-state index is 0.0896. The predicted octanol–water partition coefficient (Wildman–Crippen LogP) is 2.64. The van der Waals surface area contributed by atoms with Gasteiger partial charge in [-0.1, -0.05) is 25.1 Å². The number of nitrogens with zero attached hydrogens (tertiary/aromatic N) is 4. The highest BCUT2D eigenvalue weighted by Crippen LogP contribution is 2.32. The summed E-state index contributed by atoms with van der Waals surface area (Å²) in [5.74, 6) is 0.222. The second-order valence-corrected chi connectivity index (χ2v) is 9.34. The van der Waals surface area contributed by atoms with Gasteiger partial charge < -0.3 is 14.7 Å². The fourth-order valence-corrected chi connectivity index (χ4v) is 4.04. The first-order valence-corrected chi connectivity index (χ1v) is 10.5. The number of rotatable bonds is 8. The molecular weight excluding hydrogens is 402 g/mol. The van der Waals surface area contributed by atoms with E-state index in [1.165, 1.54) is 22.1 Å². The van der Waals surface area contributed by atoms with Crippen molar-refractivity contribution in [3.8, 4) is 21.9 Å². The minimum atomic E-state index is -0.373. The predicted molar refractivity (Wildman–Crippen MR) is 117 cm³/mol. The van der Waals surface area contributed by atoms with Crippen molar-refractivity contribution in [1.82, 2.24) is 25.2 Å². The number of thiophene rings is 1. The standard InChI is InChI=1S/C21H27N5O3S/c1-14-9-16(29-24-14)15-10-19(28)26(23-20(15)17-7-6-8-30-17)11-18(27)22-12-21(2,3)13-25(4)5/h6-10H,11-13H2,1-5H3,(H,22,27). The lowest BCUT2D eigenvalue weighted by atomic mass is 9.93. The summed E-state index contributed by atoms with van der Waals surface area (Å²) in [6.45, 7) is 7.17. The van der Waals surface area contributed by atoms with Crippen LogP contribution >= 0.6 is 11.3 Å². The third kappa shape index (κ3) is 5.43. The number of aromatic nitrogens is 3. The van der Waals surface area contributed by atoms with Crippen molar-refractivity contribution < 1.29 is 9.32 Å². The molecule has 0 aliphatic rings. The summed E-state index contributed by atoms with van der Waals surface area (Å²) in [4.78, 5) is 28.1. The summed E-state index contributed by atoms with van der Waals surface area (Å²) >= 11 is 1.50. The van der Waals surface area contributed by atoms with Gasteiger partial charge in [-0.15, -0.1) is 11.3 Å². The topological polar surface area (TPSA) is 93.3 Å². The minimum Gasteiger partial charge on any atom is -0.356 e. The third-order valence-corrected chi connectivity index (χ3v) is 5.32. The van der Waals surface area contributed by atoms with Gasteiger partial charge in [0.2, 0.25) is 5.91 Å². The Hall–Kier alpha value is -2.78. The average Bonchev–Trinajstić information content (AvgIpc) is 3.32. The summed E-state index contributed by atoms with van der Waals surface area (Å²) < 4.78 is 6.55. The number of aryl methyl sites for hydroxylation is 1. The second-order valence-electron chi connectivity index (χ2n) is 8.39. The summed E-state index contributed by atoms with van der Waals surface area (Å²) in [6, 6.07) is 7.03. The van der Waals surface area contributed by atoms with Crippen molar-refractivity contribution in [2.75, 3.05) is 27.2 Å². The maximum Gasteiger partial charge on any atom is 0.268 e. The fourth-order valence-electron chi connectivity index (χ4n) is 3.32. The normalized spacial score (nSPS) is 11.8. The van der Waals surface area contributed by atoms with Crippen molar-refractivity contribution in [2.24, 2.45) is 5.41 Å². The van der Waals surface area contributed by atoms with E-state index in [9.17, 15) is 9.59 Å². The molecule has 30 heavy (non-hydrogen) atoms. The van der Waals surface area contributed by atoms with E-state index < -0.39 is 0 Å². The van der Waals surface area contributed by atoms with E-state index >= 15 is 0 Å². The molecule has 3 rings (SSSR count). The van der Waals surface area contributed by atoms with Crippen LogP contribution in [0.5, 0.6) is 0 Å². The van der Waals surface area contributed by atoms with Crippen LogP contribution in [0.25, 0.3) is 21.9 Å². The first-order valence-electron chi connectivity index (χ1n) is 9.66. The van der Waals surface area contributed by atoms with Crippen LogP contribution in [0.4, 0.5) is 0 Å². The molecule has 0 saturated carbocycles. The van der Waals surface area contributed by atoms with Crippen LogP contribution in [0.3, 0.4) is 0 Å². The Morgan fingerprint density at radius 2 is 2.10 bits per heavy atom. The summed E-state index contributed by atoms with van der Waals surface area (Å²) in [5.41, 5.74) is 1.40. The van der Waals surface area contributed by atoms with E-state index in [1.807, 2.05) is 38.5 Å². The number of hydrogen-bond acceptors (Lipinski definition) is 7. The molecule has 0 atom stereocenters. The summed E-state index contributed by atoms with van der Waals surface area (Å²) in [6.07, 6.45) is 0. The molecule has 0 radical (unpaired) electrons. The molecule has 8 nitrogen and oxygen atoms in total. The van der Waals surface area contributed by atoms with Crippen LogP contribution in [0, 0.1) is 12.3 Å². The molecule has 0 bridgehead atoms. The van der Waals surface area contributed by atoms with Gasteiger partial charge in [0.15, 0.2) is 5.76 Å². The number of carbonyl (C=O) groups is 1. The second kappa shape index (κ2) is 8.93. The Labute approximate surface area is 179 Å². The lowest BCUT2D eigenvalue weighted by Gasteiger charge is -2.28. The molecule has 1 N–H and O–H groups in total. The van der Waals surface area contributed by atoms with E-state index in [-0.39, 0.29) is 23.4 Å². The lowest BCUT2D eigenvalue weighted by molar-refractivity contribution is -0.122. The summed E-state index contributed by atoms with van der Waals surface area (Å²) in [7, 11) is 3.99. The summed E-state index contributed by atoms with van der Waals surface area (Å²) in [5, 5.41) is 13.2. The molecule has 0 aliphatic carbocycles. The number of nitrogens with one attached hydrogen (secondary N) is 1. The highest BCUT2D eigenvalue weighted by molar-refractivity contribution is 7.13. The molecule has 0 spiro atoms. The molecule has 0 aromatic carbocycles. The first kappa shape index (κ1) is 21.9. The molecule has 0 saturated heterocycles. The van der Waals surface area contributed by atoms with Crippen LogP contribution in [0.2, 0.25) is 0 Å². The van der Waals surface area contributed by atoms with Crippen LogP contribution in [0.1, 0.15) is 19.5 Å². The Morgan fingerprint density at radius 1 is 1.33 bits per heavy atom. The highest BCUT2D eigenvalue weighted by atomic mass is 32.1. The van der Waals surface area contributed by atoms with E-state index in [0.29, 0.717) is 29.3 Å². The van der Waals surface area contributed by atoms with Crippen LogP contribution < -0.4 is 10.9 Å². The van der Waals surface area contributed by atoms with Gasteiger partial charge in [0, 0.05) is 25.2 Å². The molecule has 1 amide bonds. The molecule has 3 aromatic rings.